The van der Waals surface area contributed by atoms with E-state index in [0.717, 1.165) is 16.4 Å². The Morgan fingerprint density at radius 3 is 2.87 bits per heavy atom. The van der Waals surface area contributed by atoms with Gasteiger partial charge in [0.25, 0.3) is 0 Å². The quantitative estimate of drug-likeness (QED) is 0.734. The molecule has 0 aliphatic heterocycles. The zero-order valence-electron chi connectivity index (χ0n) is 8.08. The van der Waals surface area contributed by atoms with Crippen LogP contribution in [0.15, 0.2) is 18.5 Å². The van der Waals surface area contributed by atoms with Crippen molar-refractivity contribution in [3.05, 3.63) is 34.7 Å². The standard InChI is InChI=1S/C11H10Cl2N2/c12-4-8-5-15-6-9(7-1-2-7)10(13)3-11(15)14-8/h3,5-7H,1-2,4H2. The molecule has 15 heavy (non-hydrogen) atoms. The van der Waals surface area contributed by atoms with E-state index in [2.05, 4.69) is 11.2 Å². The summed E-state index contributed by atoms with van der Waals surface area (Å²) in [6.07, 6.45) is 6.55. The van der Waals surface area contributed by atoms with Crippen LogP contribution in [0.1, 0.15) is 30.0 Å². The van der Waals surface area contributed by atoms with Gasteiger partial charge in [-0.1, -0.05) is 11.6 Å². The molecule has 0 amide bonds. The number of halogens is 2. The fourth-order valence-corrected chi connectivity index (χ4v) is 2.27. The Kier molecular flexibility index (Phi) is 2.15. The summed E-state index contributed by atoms with van der Waals surface area (Å²) >= 11 is 11.9. The highest BCUT2D eigenvalue weighted by molar-refractivity contribution is 6.31. The third-order valence-corrected chi connectivity index (χ3v) is 3.38. The van der Waals surface area contributed by atoms with Crippen LogP contribution in [-0.4, -0.2) is 9.38 Å². The molecule has 0 radical (unpaired) electrons. The zero-order chi connectivity index (χ0) is 10.4. The number of hydrogen-bond donors (Lipinski definition) is 0. The lowest BCUT2D eigenvalue weighted by Gasteiger charge is -2.02. The highest BCUT2D eigenvalue weighted by Crippen LogP contribution is 2.43. The Balaban J connectivity index is 2.18. The van der Waals surface area contributed by atoms with Crippen molar-refractivity contribution in [2.45, 2.75) is 24.6 Å². The van der Waals surface area contributed by atoms with Crippen LogP contribution < -0.4 is 0 Å². The lowest BCUT2D eigenvalue weighted by atomic mass is 10.2. The van der Waals surface area contributed by atoms with E-state index < -0.39 is 0 Å². The molecule has 0 unspecified atom stereocenters. The number of rotatable bonds is 2. The monoisotopic (exact) mass is 240 g/mol. The molecule has 1 saturated carbocycles. The summed E-state index contributed by atoms with van der Waals surface area (Å²) in [7, 11) is 0. The van der Waals surface area contributed by atoms with E-state index in [1.165, 1.54) is 18.4 Å². The average Bonchev–Trinajstić information content (AvgIpc) is 2.98. The minimum atomic E-state index is 0.443. The number of hydrogen-bond acceptors (Lipinski definition) is 1. The van der Waals surface area contributed by atoms with Crippen molar-refractivity contribution in [1.82, 2.24) is 9.38 Å². The van der Waals surface area contributed by atoms with E-state index in [1.807, 2.05) is 16.7 Å². The summed E-state index contributed by atoms with van der Waals surface area (Å²) in [5, 5.41) is 0.830. The van der Waals surface area contributed by atoms with Crippen molar-refractivity contribution in [3.63, 3.8) is 0 Å². The Labute approximate surface area is 97.8 Å². The number of nitrogens with zero attached hydrogens (tertiary/aromatic N) is 2. The highest BCUT2D eigenvalue weighted by Gasteiger charge is 2.26. The molecule has 1 fully saturated rings. The van der Waals surface area contributed by atoms with Crippen LogP contribution in [0.25, 0.3) is 5.65 Å². The molecule has 1 aliphatic rings. The van der Waals surface area contributed by atoms with Crippen LogP contribution in [0.5, 0.6) is 0 Å². The fraction of sp³-hybridized carbons (Fsp3) is 0.364. The largest absolute Gasteiger partial charge is 0.306 e. The number of alkyl halides is 1. The first kappa shape index (κ1) is 9.49. The Morgan fingerprint density at radius 2 is 2.20 bits per heavy atom. The predicted octanol–water partition coefficient (Wildman–Crippen LogP) is 3.60. The van der Waals surface area contributed by atoms with E-state index in [4.69, 9.17) is 23.2 Å². The normalized spacial score (nSPS) is 16.1. The minimum absolute atomic E-state index is 0.443. The molecule has 2 aromatic rings. The molecule has 1 aliphatic carbocycles. The third-order valence-electron chi connectivity index (χ3n) is 2.77. The number of fused-ring (bicyclic) bond motifs is 1. The molecule has 2 heterocycles. The van der Waals surface area contributed by atoms with Gasteiger partial charge in [0.15, 0.2) is 0 Å². The molecule has 0 saturated heterocycles. The molecule has 78 valence electrons. The Hall–Kier alpha value is -0.730. The van der Waals surface area contributed by atoms with E-state index in [9.17, 15) is 0 Å². The molecule has 0 spiro atoms. The van der Waals surface area contributed by atoms with Gasteiger partial charge < -0.3 is 4.40 Å². The lowest BCUT2D eigenvalue weighted by Crippen LogP contribution is -1.89. The van der Waals surface area contributed by atoms with Gasteiger partial charge in [0.1, 0.15) is 5.65 Å². The van der Waals surface area contributed by atoms with Gasteiger partial charge in [0, 0.05) is 23.5 Å². The first-order valence-corrected chi connectivity index (χ1v) is 5.92. The van der Waals surface area contributed by atoms with Crippen LogP contribution >= 0.6 is 23.2 Å². The third kappa shape index (κ3) is 1.62. The van der Waals surface area contributed by atoms with Crippen molar-refractivity contribution in [2.75, 3.05) is 0 Å². The summed E-state index contributed by atoms with van der Waals surface area (Å²) in [5.74, 6) is 1.10. The maximum Gasteiger partial charge on any atom is 0.138 e. The molecule has 0 bridgehead atoms. The van der Waals surface area contributed by atoms with Gasteiger partial charge in [-0.25, -0.2) is 4.98 Å². The molecule has 0 atom stereocenters. The van der Waals surface area contributed by atoms with Gasteiger partial charge in [0.2, 0.25) is 0 Å². The van der Waals surface area contributed by atoms with Gasteiger partial charge in [-0.2, -0.15) is 0 Å². The van der Waals surface area contributed by atoms with Crippen LogP contribution in [0.2, 0.25) is 5.02 Å². The van der Waals surface area contributed by atoms with Gasteiger partial charge in [0.05, 0.1) is 11.6 Å². The van der Waals surface area contributed by atoms with Crippen molar-refractivity contribution in [3.8, 4) is 0 Å². The van der Waals surface area contributed by atoms with E-state index in [1.54, 1.807) is 0 Å². The second kappa shape index (κ2) is 3.39. The van der Waals surface area contributed by atoms with Gasteiger partial charge >= 0.3 is 0 Å². The van der Waals surface area contributed by atoms with Crippen LogP contribution in [-0.2, 0) is 5.88 Å². The molecular formula is C11H10Cl2N2. The van der Waals surface area contributed by atoms with E-state index in [0.29, 0.717) is 11.8 Å². The summed E-state index contributed by atoms with van der Waals surface area (Å²) in [4.78, 5) is 4.36. The van der Waals surface area contributed by atoms with Crippen molar-refractivity contribution in [2.24, 2.45) is 0 Å². The Morgan fingerprint density at radius 1 is 1.40 bits per heavy atom. The fourth-order valence-electron chi connectivity index (χ4n) is 1.84. The zero-order valence-corrected chi connectivity index (χ0v) is 9.59. The number of pyridine rings is 1. The molecule has 0 aromatic carbocycles. The van der Waals surface area contributed by atoms with Crippen LogP contribution in [0, 0.1) is 0 Å². The van der Waals surface area contributed by atoms with Crippen LogP contribution in [0.3, 0.4) is 0 Å². The van der Waals surface area contributed by atoms with Gasteiger partial charge in [-0.3, -0.25) is 0 Å². The molecule has 2 aromatic heterocycles. The first-order valence-electron chi connectivity index (χ1n) is 5.01. The second-order valence-corrected chi connectivity index (χ2v) is 4.66. The summed E-state index contributed by atoms with van der Waals surface area (Å²) in [5.41, 5.74) is 3.00. The maximum absolute atomic E-state index is 6.20. The highest BCUT2D eigenvalue weighted by atomic mass is 35.5. The predicted molar refractivity (Wildman–Crippen MR) is 61.7 cm³/mol. The Bertz CT molecular complexity index is 515. The number of imidazole rings is 1. The minimum Gasteiger partial charge on any atom is -0.306 e. The maximum atomic E-state index is 6.20. The SMILES string of the molecule is ClCc1cn2cc(C3CC3)c(Cl)cc2n1. The van der Waals surface area contributed by atoms with Gasteiger partial charge in [-0.15, -0.1) is 11.6 Å². The molecule has 4 heteroatoms. The van der Waals surface area contributed by atoms with Crippen molar-refractivity contribution < 1.29 is 0 Å². The molecule has 3 rings (SSSR count). The molecule has 2 nitrogen and oxygen atoms in total. The smallest absolute Gasteiger partial charge is 0.138 e. The van der Waals surface area contributed by atoms with E-state index >= 15 is 0 Å². The molecular weight excluding hydrogens is 231 g/mol. The first-order chi connectivity index (χ1) is 7.28. The lowest BCUT2D eigenvalue weighted by molar-refractivity contribution is 1.06. The molecule has 0 N–H and O–H groups in total. The average molecular weight is 241 g/mol. The van der Waals surface area contributed by atoms with Crippen molar-refractivity contribution >= 4 is 28.8 Å². The topological polar surface area (TPSA) is 17.3 Å². The van der Waals surface area contributed by atoms with Gasteiger partial charge in [-0.05, 0) is 24.3 Å². The summed E-state index contributed by atoms with van der Waals surface area (Å²) in [6.45, 7) is 0. The van der Waals surface area contributed by atoms with Crippen LogP contribution in [0.4, 0.5) is 0 Å². The van der Waals surface area contributed by atoms with Crippen molar-refractivity contribution in [1.29, 1.82) is 0 Å². The summed E-state index contributed by atoms with van der Waals surface area (Å²) in [6, 6.07) is 1.92. The van der Waals surface area contributed by atoms with E-state index in [-0.39, 0.29) is 0 Å². The summed E-state index contributed by atoms with van der Waals surface area (Å²) < 4.78 is 2.01. The number of aromatic nitrogens is 2. The second-order valence-electron chi connectivity index (χ2n) is 3.98.